The summed E-state index contributed by atoms with van der Waals surface area (Å²) in [5, 5.41) is 7.79. The molecule has 0 aliphatic carbocycles. The fourth-order valence-corrected chi connectivity index (χ4v) is 2.30. The molecule has 0 atom stereocenters. The number of anilines is 1. The van der Waals surface area contributed by atoms with Crippen LogP contribution in [0.2, 0.25) is 0 Å². The number of hydrogen-bond donors (Lipinski definition) is 3. The maximum atomic E-state index is 11.7. The van der Waals surface area contributed by atoms with Crippen molar-refractivity contribution < 1.29 is 4.79 Å². The lowest BCUT2D eigenvalue weighted by Crippen LogP contribution is -2.24. The lowest BCUT2D eigenvalue weighted by atomic mass is 10.1. The Morgan fingerprint density at radius 2 is 1.82 bits per heavy atom. The Morgan fingerprint density at radius 1 is 1.09 bits per heavy atom. The number of carbonyl (C=O) groups excluding carboxylic acids is 1. The number of benzene rings is 2. The van der Waals surface area contributed by atoms with Gasteiger partial charge in [-0.1, -0.05) is 36.4 Å². The van der Waals surface area contributed by atoms with E-state index >= 15 is 0 Å². The van der Waals surface area contributed by atoms with Crippen molar-refractivity contribution in [3.63, 3.8) is 0 Å². The summed E-state index contributed by atoms with van der Waals surface area (Å²) >= 11 is 0. The number of amides is 2. The molecule has 0 unspecified atom stereocenters. The van der Waals surface area contributed by atoms with Gasteiger partial charge < -0.3 is 10.3 Å². The van der Waals surface area contributed by atoms with Crippen LogP contribution < -0.4 is 10.7 Å². The third-order valence-electron chi connectivity index (χ3n) is 3.33. The normalized spacial score (nSPS) is 11.0. The second-order valence-electron chi connectivity index (χ2n) is 4.90. The smallest absolute Gasteiger partial charge is 0.339 e. The summed E-state index contributed by atoms with van der Waals surface area (Å²) in [6.07, 6.45) is 1.65. The Kier molecular flexibility index (Phi) is 3.87. The summed E-state index contributed by atoms with van der Waals surface area (Å²) < 4.78 is 0. The van der Waals surface area contributed by atoms with E-state index in [2.05, 4.69) is 20.8 Å². The third kappa shape index (κ3) is 2.98. The molecule has 3 rings (SSSR count). The zero-order valence-corrected chi connectivity index (χ0v) is 12.1. The molecule has 2 amide bonds. The van der Waals surface area contributed by atoms with Crippen LogP contribution in [0.1, 0.15) is 11.3 Å². The molecular weight excluding hydrogens is 276 g/mol. The molecule has 0 radical (unpaired) electrons. The van der Waals surface area contributed by atoms with Crippen molar-refractivity contribution in [2.45, 2.75) is 6.92 Å². The van der Waals surface area contributed by atoms with Crippen molar-refractivity contribution in [3.8, 4) is 0 Å². The van der Waals surface area contributed by atoms with Gasteiger partial charge in [-0.05, 0) is 25.1 Å². The molecule has 0 spiro atoms. The van der Waals surface area contributed by atoms with E-state index in [0.717, 1.165) is 27.8 Å². The first-order valence-electron chi connectivity index (χ1n) is 6.96. The summed E-state index contributed by atoms with van der Waals surface area (Å²) in [4.78, 5) is 15.0. The van der Waals surface area contributed by atoms with Crippen molar-refractivity contribution in [1.82, 2.24) is 10.4 Å². The van der Waals surface area contributed by atoms with Crippen molar-refractivity contribution in [3.05, 3.63) is 65.9 Å². The van der Waals surface area contributed by atoms with Crippen LogP contribution >= 0.6 is 0 Å². The van der Waals surface area contributed by atoms with Crippen LogP contribution in [0, 0.1) is 6.92 Å². The average molecular weight is 292 g/mol. The standard InChI is InChI=1S/C17H16N4O/c1-12-15(14-9-5-6-10-16(14)19-12)11-18-21-17(22)20-13-7-3-2-4-8-13/h2-11,19H,1H3,(H2,20,21,22). The summed E-state index contributed by atoms with van der Waals surface area (Å²) in [6.45, 7) is 1.98. The van der Waals surface area contributed by atoms with Crippen LogP contribution in [0.3, 0.4) is 0 Å². The molecule has 5 heteroatoms. The van der Waals surface area contributed by atoms with Crippen molar-refractivity contribution in [2.75, 3.05) is 5.32 Å². The number of nitrogens with one attached hydrogen (secondary N) is 3. The maximum absolute atomic E-state index is 11.7. The first-order chi connectivity index (χ1) is 10.7. The van der Waals surface area contributed by atoms with Crippen LogP contribution in [0.15, 0.2) is 59.7 Å². The number of aromatic amines is 1. The van der Waals surface area contributed by atoms with Gasteiger partial charge in [-0.25, -0.2) is 10.2 Å². The van der Waals surface area contributed by atoms with E-state index in [1.807, 2.05) is 61.5 Å². The van der Waals surface area contributed by atoms with Crippen LogP contribution in [0.4, 0.5) is 10.5 Å². The highest BCUT2D eigenvalue weighted by atomic mass is 16.2. The van der Waals surface area contributed by atoms with Gasteiger partial charge in [0.15, 0.2) is 0 Å². The summed E-state index contributed by atoms with van der Waals surface area (Å²) in [5.41, 5.74) is 6.22. The van der Waals surface area contributed by atoms with Crippen molar-refractivity contribution >= 4 is 28.8 Å². The van der Waals surface area contributed by atoms with Gasteiger partial charge in [0.2, 0.25) is 0 Å². The number of aryl methyl sites for hydroxylation is 1. The second kappa shape index (κ2) is 6.13. The van der Waals surface area contributed by atoms with E-state index in [-0.39, 0.29) is 6.03 Å². The molecule has 0 bridgehead atoms. The quantitative estimate of drug-likeness (QED) is 0.500. The number of hydrazone groups is 1. The number of aromatic nitrogens is 1. The first kappa shape index (κ1) is 13.9. The molecule has 0 saturated carbocycles. The van der Waals surface area contributed by atoms with Gasteiger partial charge in [-0.2, -0.15) is 5.10 Å². The lowest BCUT2D eigenvalue weighted by molar-refractivity contribution is 0.252. The largest absolute Gasteiger partial charge is 0.358 e. The summed E-state index contributed by atoms with van der Waals surface area (Å²) in [6, 6.07) is 16.8. The number of rotatable bonds is 3. The van der Waals surface area contributed by atoms with Crippen LogP contribution in [-0.2, 0) is 0 Å². The highest BCUT2D eigenvalue weighted by molar-refractivity contribution is 6.01. The highest BCUT2D eigenvalue weighted by Gasteiger charge is 2.05. The first-order valence-corrected chi connectivity index (χ1v) is 6.96. The van der Waals surface area contributed by atoms with Gasteiger partial charge in [0.25, 0.3) is 0 Å². The Morgan fingerprint density at radius 3 is 2.64 bits per heavy atom. The van der Waals surface area contributed by atoms with Gasteiger partial charge in [-0.3, -0.25) is 0 Å². The van der Waals surface area contributed by atoms with Crippen molar-refractivity contribution in [1.29, 1.82) is 0 Å². The van der Waals surface area contributed by atoms with Crippen LogP contribution in [0.25, 0.3) is 10.9 Å². The van der Waals surface area contributed by atoms with E-state index in [0.29, 0.717) is 0 Å². The van der Waals surface area contributed by atoms with Gasteiger partial charge in [0.05, 0.1) is 6.21 Å². The number of para-hydroxylation sites is 2. The fraction of sp³-hybridized carbons (Fsp3) is 0.0588. The van der Waals surface area contributed by atoms with Crippen LogP contribution in [-0.4, -0.2) is 17.2 Å². The fourth-order valence-electron chi connectivity index (χ4n) is 2.30. The Balaban J connectivity index is 1.69. The van der Waals surface area contributed by atoms with Gasteiger partial charge >= 0.3 is 6.03 Å². The second-order valence-corrected chi connectivity index (χ2v) is 4.90. The summed E-state index contributed by atoms with van der Waals surface area (Å²) in [7, 11) is 0. The molecule has 0 fully saturated rings. The Labute approximate surface area is 128 Å². The van der Waals surface area contributed by atoms with Crippen LogP contribution in [0.5, 0.6) is 0 Å². The predicted molar refractivity (Wildman–Crippen MR) is 89.2 cm³/mol. The van der Waals surface area contributed by atoms with Gasteiger partial charge in [-0.15, -0.1) is 0 Å². The molecule has 0 saturated heterocycles. The number of carbonyl (C=O) groups is 1. The monoisotopic (exact) mass is 292 g/mol. The van der Waals surface area contributed by atoms with E-state index < -0.39 is 0 Å². The molecule has 0 aliphatic rings. The lowest BCUT2D eigenvalue weighted by Gasteiger charge is -2.03. The molecule has 5 nitrogen and oxygen atoms in total. The molecule has 3 N–H and O–H groups in total. The van der Waals surface area contributed by atoms with Gasteiger partial charge in [0.1, 0.15) is 0 Å². The topological polar surface area (TPSA) is 69.3 Å². The predicted octanol–water partition coefficient (Wildman–Crippen LogP) is 3.63. The molecule has 22 heavy (non-hydrogen) atoms. The molecule has 1 aromatic heterocycles. The van der Waals surface area contributed by atoms with E-state index in [9.17, 15) is 4.79 Å². The minimum Gasteiger partial charge on any atom is -0.358 e. The average Bonchev–Trinajstić information content (AvgIpc) is 2.84. The van der Waals surface area contributed by atoms with E-state index in [1.54, 1.807) is 6.21 Å². The zero-order chi connectivity index (χ0) is 15.4. The molecular formula is C17H16N4O. The highest BCUT2D eigenvalue weighted by Crippen LogP contribution is 2.19. The summed E-state index contributed by atoms with van der Waals surface area (Å²) in [5.74, 6) is 0. The minimum atomic E-state index is -0.375. The molecule has 0 aliphatic heterocycles. The third-order valence-corrected chi connectivity index (χ3v) is 3.33. The molecule has 2 aromatic carbocycles. The van der Waals surface area contributed by atoms with Gasteiger partial charge in [0, 0.05) is 27.8 Å². The van der Waals surface area contributed by atoms with Crippen molar-refractivity contribution in [2.24, 2.45) is 5.10 Å². The SMILES string of the molecule is Cc1[nH]c2ccccc2c1C=NNC(=O)Nc1ccccc1. The van der Waals surface area contributed by atoms with E-state index in [1.165, 1.54) is 0 Å². The number of hydrogen-bond acceptors (Lipinski definition) is 2. The maximum Gasteiger partial charge on any atom is 0.339 e. The minimum absolute atomic E-state index is 0.375. The molecule has 3 aromatic rings. The molecule has 1 heterocycles. The zero-order valence-electron chi connectivity index (χ0n) is 12.1. The Hall–Kier alpha value is -3.08. The molecule has 110 valence electrons. The Bertz CT molecular complexity index is 821. The number of urea groups is 1. The van der Waals surface area contributed by atoms with E-state index in [4.69, 9.17) is 0 Å². The number of fused-ring (bicyclic) bond motifs is 1. The number of H-pyrrole nitrogens is 1. The number of nitrogens with zero attached hydrogens (tertiary/aromatic N) is 1.